The molecule has 3 aromatic rings. The third-order valence-electron chi connectivity index (χ3n) is 4.54. The molecule has 0 saturated heterocycles. The minimum atomic E-state index is 0.118. The Hall–Kier alpha value is -2.66. The lowest BCUT2D eigenvalue weighted by Gasteiger charge is -2.21. The standard InChI is InChI=1S/C24H27N3OS/c1-3-15-27(16-4-2)24(28)21-12-8-9-19(17-21)18-29-23-14-13-22(25-26-23)20-10-6-5-7-11-20/h5-14,17H,3-4,15-16,18H2,1-2H3. The van der Waals surface area contributed by atoms with Crippen molar-refractivity contribution < 1.29 is 4.79 Å². The van der Waals surface area contributed by atoms with Crippen LogP contribution in [0.25, 0.3) is 11.3 Å². The normalized spacial score (nSPS) is 10.7. The summed E-state index contributed by atoms with van der Waals surface area (Å²) in [6, 6.07) is 22.0. The molecule has 0 atom stereocenters. The van der Waals surface area contributed by atoms with Gasteiger partial charge >= 0.3 is 0 Å². The van der Waals surface area contributed by atoms with Gasteiger partial charge in [0.05, 0.1) is 5.69 Å². The lowest BCUT2D eigenvalue weighted by molar-refractivity contribution is 0.0755. The van der Waals surface area contributed by atoms with Crippen LogP contribution in [-0.4, -0.2) is 34.1 Å². The van der Waals surface area contributed by atoms with Gasteiger partial charge in [-0.2, -0.15) is 0 Å². The molecule has 1 amide bonds. The maximum atomic E-state index is 12.8. The number of carbonyl (C=O) groups is 1. The molecule has 0 radical (unpaired) electrons. The summed E-state index contributed by atoms with van der Waals surface area (Å²) >= 11 is 1.63. The van der Waals surface area contributed by atoms with Crippen LogP contribution in [0.1, 0.15) is 42.6 Å². The van der Waals surface area contributed by atoms with Crippen LogP contribution in [-0.2, 0) is 5.75 Å². The summed E-state index contributed by atoms with van der Waals surface area (Å²) in [7, 11) is 0. The van der Waals surface area contributed by atoms with Crippen molar-refractivity contribution in [2.24, 2.45) is 0 Å². The molecule has 0 aliphatic carbocycles. The molecule has 1 heterocycles. The van der Waals surface area contributed by atoms with Crippen LogP contribution in [0.3, 0.4) is 0 Å². The average molecular weight is 406 g/mol. The van der Waals surface area contributed by atoms with E-state index >= 15 is 0 Å². The highest BCUT2D eigenvalue weighted by atomic mass is 32.2. The van der Waals surface area contributed by atoms with Crippen molar-refractivity contribution in [3.63, 3.8) is 0 Å². The number of hydrogen-bond donors (Lipinski definition) is 0. The number of hydrogen-bond acceptors (Lipinski definition) is 4. The van der Waals surface area contributed by atoms with Crippen molar-refractivity contribution in [2.75, 3.05) is 13.1 Å². The second kappa shape index (κ2) is 10.8. The van der Waals surface area contributed by atoms with Crippen LogP contribution < -0.4 is 0 Å². The van der Waals surface area contributed by atoms with Crippen molar-refractivity contribution in [3.8, 4) is 11.3 Å². The zero-order valence-electron chi connectivity index (χ0n) is 17.0. The first-order valence-corrected chi connectivity index (χ1v) is 11.1. The largest absolute Gasteiger partial charge is 0.339 e. The molecule has 150 valence electrons. The van der Waals surface area contributed by atoms with Crippen molar-refractivity contribution in [1.82, 2.24) is 15.1 Å². The fourth-order valence-electron chi connectivity index (χ4n) is 3.15. The molecule has 3 rings (SSSR count). The summed E-state index contributed by atoms with van der Waals surface area (Å²) in [6.07, 6.45) is 1.94. The molecule has 0 saturated carbocycles. The predicted molar refractivity (Wildman–Crippen MR) is 120 cm³/mol. The summed E-state index contributed by atoms with van der Waals surface area (Å²) in [5.41, 5.74) is 3.80. The van der Waals surface area contributed by atoms with Gasteiger partial charge in [0.1, 0.15) is 5.03 Å². The maximum absolute atomic E-state index is 12.8. The highest BCUT2D eigenvalue weighted by Crippen LogP contribution is 2.23. The molecule has 1 aromatic heterocycles. The Labute approximate surface area is 177 Å². The summed E-state index contributed by atoms with van der Waals surface area (Å²) in [4.78, 5) is 14.8. The molecule has 29 heavy (non-hydrogen) atoms. The highest BCUT2D eigenvalue weighted by Gasteiger charge is 2.14. The van der Waals surface area contributed by atoms with Gasteiger partial charge in [0.25, 0.3) is 5.91 Å². The molecular weight excluding hydrogens is 378 g/mol. The fourth-order valence-corrected chi connectivity index (χ4v) is 3.91. The lowest BCUT2D eigenvalue weighted by atomic mass is 10.1. The number of aromatic nitrogens is 2. The van der Waals surface area contributed by atoms with Gasteiger partial charge in [-0.15, -0.1) is 10.2 Å². The first-order chi connectivity index (χ1) is 14.2. The molecule has 0 aliphatic heterocycles. The number of nitrogens with zero attached hydrogens (tertiary/aromatic N) is 3. The van der Waals surface area contributed by atoms with Gasteiger partial charge in [0, 0.05) is 30.0 Å². The summed E-state index contributed by atoms with van der Waals surface area (Å²) in [5.74, 6) is 0.870. The third kappa shape index (κ3) is 5.91. The van der Waals surface area contributed by atoms with Crippen LogP contribution in [0, 0.1) is 0 Å². The molecular formula is C24H27N3OS. The third-order valence-corrected chi connectivity index (χ3v) is 5.54. The fraction of sp³-hybridized carbons (Fsp3) is 0.292. The van der Waals surface area contributed by atoms with E-state index < -0.39 is 0 Å². The summed E-state index contributed by atoms with van der Waals surface area (Å²) in [5, 5.41) is 9.56. The molecule has 0 N–H and O–H groups in total. The zero-order chi connectivity index (χ0) is 20.5. The van der Waals surface area contributed by atoms with Gasteiger partial charge in [0.15, 0.2) is 0 Å². The van der Waals surface area contributed by atoms with Gasteiger partial charge in [-0.1, -0.05) is 68.1 Å². The first-order valence-electron chi connectivity index (χ1n) is 10.1. The van der Waals surface area contributed by atoms with Crippen molar-refractivity contribution in [1.29, 1.82) is 0 Å². The highest BCUT2D eigenvalue weighted by molar-refractivity contribution is 7.98. The number of carbonyl (C=O) groups excluding carboxylic acids is 1. The van der Waals surface area contributed by atoms with E-state index in [-0.39, 0.29) is 5.91 Å². The van der Waals surface area contributed by atoms with E-state index in [9.17, 15) is 4.79 Å². The topological polar surface area (TPSA) is 46.1 Å². The van der Waals surface area contributed by atoms with Crippen molar-refractivity contribution >= 4 is 17.7 Å². The molecule has 2 aromatic carbocycles. The van der Waals surface area contributed by atoms with E-state index in [4.69, 9.17) is 0 Å². The average Bonchev–Trinajstić information content (AvgIpc) is 2.78. The molecule has 4 nitrogen and oxygen atoms in total. The second-order valence-corrected chi connectivity index (χ2v) is 7.90. The van der Waals surface area contributed by atoms with E-state index in [1.807, 2.05) is 65.6 Å². The van der Waals surface area contributed by atoms with E-state index in [0.29, 0.717) is 0 Å². The summed E-state index contributed by atoms with van der Waals surface area (Å²) < 4.78 is 0. The van der Waals surface area contributed by atoms with Gasteiger partial charge < -0.3 is 4.90 Å². The van der Waals surface area contributed by atoms with Crippen molar-refractivity contribution in [3.05, 3.63) is 77.9 Å². The monoisotopic (exact) mass is 405 g/mol. The van der Waals surface area contributed by atoms with E-state index in [0.717, 1.165) is 59.1 Å². The van der Waals surface area contributed by atoms with Gasteiger partial charge in [0.2, 0.25) is 0 Å². The lowest BCUT2D eigenvalue weighted by Crippen LogP contribution is -2.32. The molecule has 0 spiro atoms. The molecule has 0 unspecified atom stereocenters. The van der Waals surface area contributed by atoms with Crippen LogP contribution in [0.5, 0.6) is 0 Å². The quantitative estimate of drug-likeness (QED) is 0.429. The Kier molecular flexibility index (Phi) is 7.82. The predicted octanol–water partition coefficient (Wildman–Crippen LogP) is 5.70. The Morgan fingerprint density at radius 1 is 0.897 bits per heavy atom. The number of amides is 1. The Bertz CT molecular complexity index is 907. The van der Waals surface area contributed by atoms with E-state index in [1.54, 1.807) is 11.8 Å². The second-order valence-electron chi connectivity index (χ2n) is 6.90. The Morgan fingerprint density at radius 3 is 2.31 bits per heavy atom. The minimum absolute atomic E-state index is 0.118. The Balaban J connectivity index is 1.64. The van der Waals surface area contributed by atoms with Gasteiger partial charge in [-0.05, 0) is 42.7 Å². The number of benzene rings is 2. The number of thioether (sulfide) groups is 1. The van der Waals surface area contributed by atoms with Crippen LogP contribution >= 0.6 is 11.8 Å². The minimum Gasteiger partial charge on any atom is -0.339 e. The van der Waals surface area contributed by atoms with Gasteiger partial charge in [-0.3, -0.25) is 4.79 Å². The zero-order valence-corrected chi connectivity index (χ0v) is 17.9. The molecule has 0 fully saturated rings. The SMILES string of the molecule is CCCN(CCC)C(=O)c1cccc(CSc2ccc(-c3ccccc3)nn2)c1. The van der Waals surface area contributed by atoms with Crippen LogP contribution in [0.15, 0.2) is 71.8 Å². The Morgan fingerprint density at radius 2 is 1.66 bits per heavy atom. The van der Waals surface area contributed by atoms with Crippen molar-refractivity contribution in [2.45, 2.75) is 37.5 Å². The number of rotatable bonds is 9. The van der Waals surface area contributed by atoms with E-state index in [1.165, 1.54) is 0 Å². The molecule has 0 aliphatic rings. The van der Waals surface area contributed by atoms with Crippen LogP contribution in [0.2, 0.25) is 0 Å². The molecule has 5 heteroatoms. The first kappa shape index (κ1) is 21.1. The maximum Gasteiger partial charge on any atom is 0.253 e. The summed E-state index contributed by atoms with van der Waals surface area (Å²) in [6.45, 7) is 5.81. The molecule has 0 bridgehead atoms. The van der Waals surface area contributed by atoms with Crippen LogP contribution in [0.4, 0.5) is 0 Å². The van der Waals surface area contributed by atoms with Gasteiger partial charge in [-0.25, -0.2) is 0 Å². The van der Waals surface area contributed by atoms with E-state index in [2.05, 4.69) is 30.1 Å². The smallest absolute Gasteiger partial charge is 0.253 e.